The molecule has 0 radical (unpaired) electrons. The third-order valence-electron chi connectivity index (χ3n) is 4.03. The molecule has 0 aliphatic carbocycles. The Morgan fingerprint density at radius 2 is 2.17 bits per heavy atom. The summed E-state index contributed by atoms with van der Waals surface area (Å²) in [5.74, 6) is -0.0110. The molecular formula is C15H21N3O5S. The number of amides is 1. The van der Waals surface area contributed by atoms with Gasteiger partial charge in [-0.1, -0.05) is 0 Å². The van der Waals surface area contributed by atoms with Gasteiger partial charge in [-0.3, -0.25) is 14.9 Å². The summed E-state index contributed by atoms with van der Waals surface area (Å²) in [7, 11) is -3.65. The minimum absolute atomic E-state index is 0.0219. The predicted molar refractivity (Wildman–Crippen MR) is 88.8 cm³/mol. The van der Waals surface area contributed by atoms with Crippen LogP contribution in [0.25, 0.3) is 0 Å². The van der Waals surface area contributed by atoms with Gasteiger partial charge < -0.3 is 10.6 Å². The van der Waals surface area contributed by atoms with Crippen LogP contribution in [0.4, 0.5) is 5.69 Å². The smallest absolute Gasteiger partial charge is 0.271 e. The van der Waals surface area contributed by atoms with E-state index < -0.39 is 26.4 Å². The summed E-state index contributed by atoms with van der Waals surface area (Å²) in [5, 5.41) is 16.9. The first-order chi connectivity index (χ1) is 11.3. The Kier molecular flexibility index (Phi) is 5.89. The van der Waals surface area contributed by atoms with E-state index in [0.29, 0.717) is 12.5 Å². The lowest BCUT2D eigenvalue weighted by Crippen LogP contribution is -2.33. The standard InChI is InChI=1S/C15H21N3O5S/c1-24(22,23)14-8-12(7-13(9-14)18(20)21)15(19)17-6-4-11-3-2-5-16-10-11/h7-9,11,16H,2-6,10H2,1H3,(H,17,19). The third kappa shape index (κ3) is 5.00. The Morgan fingerprint density at radius 3 is 2.75 bits per heavy atom. The van der Waals surface area contributed by atoms with Gasteiger partial charge >= 0.3 is 0 Å². The fourth-order valence-corrected chi connectivity index (χ4v) is 3.37. The Bertz CT molecular complexity index is 727. The molecule has 24 heavy (non-hydrogen) atoms. The number of benzene rings is 1. The molecule has 0 saturated carbocycles. The van der Waals surface area contributed by atoms with E-state index in [4.69, 9.17) is 0 Å². The van der Waals surface area contributed by atoms with E-state index in [2.05, 4.69) is 10.6 Å². The highest BCUT2D eigenvalue weighted by Gasteiger charge is 2.19. The van der Waals surface area contributed by atoms with Crippen LogP contribution in [0.1, 0.15) is 29.6 Å². The molecule has 8 nitrogen and oxygen atoms in total. The zero-order chi connectivity index (χ0) is 17.7. The van der Waals surface area contributed by atoms with Gasteiger partial charge in [0.15, 0.2) is 9.84 Å². The number of hydrogen-bond acceptors (Lipinski definition) is 6. The van der Waals surface area contributed by atoms with Gasteiger partial charge in [-0.15, -0.1) is 0 Å². The van der Waals surface area contributed by atoms with Gasteiger partial charge in [-0.25, -0.2) is 8.42 Å². The van der Waals surface area contributed by atoms with E-state index in [1.807, 2.05) is 0 Å². The van der Waals surface area contributed by atoms with Crippen molar-refractivity contribution in [3.05, 3.63) is 33.9 Å². The third-order valence-corrected chi connectivity index (χ3v) is 5.12. The van der Waals surface area contributed by atoms with Crippen LogP contribution in [0.5, 0.6) is 0 Å². The maximum Gasteiger partial charge on any atom is 0.271 e. The van der Waals surface area contributed by atoms with Crippen molar-refractivity contribution in [3.63, 3.8) is 0 Å². The van der Waals surface area contributed by atoms with Crippen molar-refractivity contribution in [2.24, 2.45) is 5.92 Å². The van der Waals surface area contributed by atoms with Gasteiger partial charge in [0, 0.05) is 30.5 Å². The topological polar surface area (TPSA) is 118 Å². The van der Waals surface area contributed by atoms with E-state index in [1.54, 1.807) is 0 Å². The van der Waals surface area contributed by atoms with E-state index in [1.165, 1.54) is 6.07 Å². The van der Waals surface area contributed by atoms with Crippen molar-refractivity contribution in [1.29, 1.82) is 0 Å². The van der Waals surface area contributed by atoms with Crippen LogP contribution >= 0.6 is 0 Å². The van der Waals surface area contributed by atoms with E-state index >= 15 is 0 Å². The SMILES string of the molecule is CS(=O)(=O)c1cc(C(=O)NCCC2CCCNC2)cc([N+](=O)[O-])c1. The predicted octanol–water partition coefficient (Wildman–Crippen LogP) is 1.12. The van der Waals surface area contributed by atoms with Gasteiger partial charge in [0.05, 0.1) is 9.82 Å². The number of carbonyl (C=O) groups excluding carboxylic acids is 1. The summed E-state index contributed by atoms with van der Waals surface area (Å²) >= 11 is 0. The number of carbonyl (C=O) groups is 1. The minimum Gasteiger partial charge on any atom is -0.352 e. The fourth-order valence-electron chi connectivity index (χ4n) is 2.70. The monoisotopic (exact) mass is 355 g/mol. The van der Waals surface area contributed by atoms with Crippen LogP contribution in [0.3, 0.4) is 0 Å². The fraction of sp³-hybridized carbons (Fsp3) is 0.533. The van der Waals surface area contributed by atoms with Crippen molar-refractivity contribution < 1.29 is 18.1 Å². The minimum atomic E-state index is -3.65. The summed E-state index contributed by atoms with van der Waals surface area (Å²) in [6, 6.07) is 3.21. The van der Waals surface area contributed by atoms with Crippen LogP contribution in [0.15, 0.2) is 23.1 Å². The maximum atomic E-state index is 12.2. The molecule has 1 aliphatic rings. The molecule has 1 aromatic rings. The first-order valence-corrected chi connectivity index (χ1v) is 9.65. The Balaban J connectivity index is 2.07. The molecule has 0 spiro atoms. The molecule has 0 bridgehead atoms. The second kappa shape index (κ2) is 7.71. The molecule has 1 amide bonds. The number of sulfone groups is 1. The lowest BCUT2D eigenvalue weighted by atomic mass is 9.96. The number of nitro benzene ring substituents is 1. The average Bonchev–Trinajstić information content (AvgIpc) is 2.54. The van der Waals surface area contributed by atoms with Crippen LogP contribution in [-0.2, 0) is 9.84 Å². The second-order valence-corrected chi connectivity index (χ2v) is 8.02. The van der Waals surface area contributed by atoms with Crippen LogP contribution in [-0.4, -0.2) is 45.1 Å². The van der Waals surface area contributed by atoms with Crippen LogP contribution in [0, 0.1) is 16.0 Å². The van der Waals surface area contributed by atoms with Crippen molar-refractivity contribution >= 4 is 21.4 Å². The van der Waals surface area contributed by atoms with E-state index in [9.17, 15) is 23.3 Å². The van der Waals surface area contributed by atoms with Gasteiger partial charge in [0.25, 0.3) is 11.6 Å². The lowest BCUT2D eigenvalue weighted by molar-refractivity contribution is -0.385. The quantitative estimate of drug-likeness (QED) is 0.583. The molecule has 1 heterocycles. The summed E-state index contributed by atoms with van der Waals surface area (Å²) in [6.45, 7) is 2.39. The molecule has 9 heteroatoms. The average molecular weight is 355 g/mol. The molecule has 1 fully saturated rings. The molecule has 1 aromatic carbocycles. The van der Waals surface area contributed by atoms with Crippen LogP contribution in [0.2, 0.25) is 0 Å². The Morgan fingerprint density at radius 1 is 1.42 bits per heavy atom. The summed E-state index contributed by atoms with van der Waals surface area (Å²) in [6.07, 6.45) is 3.98. The summed E-state index contributed by atoms with van der Waals surface area (Å²) < 4.78 is 23.3. The van der Waals surface area contributed by atoms with Crippen molar-refractivity contribution in [2.45, 2.75) is 24.2 Å². The molecule has 1 aliphatic heterocycles. The second-order valence-electron chi connectivity index (χ2n) is 6.00. The van der Waals surface area contributed by atoms with Gasteiger partial charge in [-0.2, -0.15) is 0 Å². The largest absolute Gasteiger partial charge is 0.352 e. The number of piperidine rings is 1. The first-order valence-electron chi connectivity index (χ1n) is 7.76. The van der Waals surface area contributed by atoms with Crippen molar-refractivity contribution in [3.8, 4) is 0 Å². The van der Waals surface area contributed by atoms with E-state index in [-0.39, 0.29) is 10.5 Å². The molecule has 2 N–H and O–H groups in total. The summed E-state index contributed by atoms with van der Waals surface area (Å²) in [5.41, 5.74) is -0.439. The van der Waals surface area contributed by atoms with Gasteiger partial charge in [-0.05, 0) is 44.3 Å². The zero-order valence-corrected chi connectivity index (χ0v) is 14.3. The number of nitrogens with one attached hydrogen (secondary N) is 2. The molecule has 2 rings (SSSR count). The summed E-state index contributed by atoms with van der Waals surface area (Å²) in [4.78, 5) is 22.2. The number of hydrogen-bond donors (Lipinski definition) is 2. The van der Waals surface area contributed by atoms with Crippen LogP contribution < -0.4 is 10.6 Å². The van der Waals surface area contributed by atoms with E-state index in [0.717, 1.165) is 50.7 Å². The number of rotatable bonds is 6. The number of nitro groups is 1. The van der Waals surface area contributed by atoms with Crippen molar-refractivity contribution in [1.82, 2.24) is 10.6 Å². The number of non-ortho nitro benzene ring substituents is 1. The highest BCUT2D eigenvalue weighted by atomic mass is 32.2. The van der Waals surface area contributed by atoms with Crippen molar-refractivity contribution in [2.75, 3.05) is 25.9 Å². The molecule has 0 aromatic heterocycles. The highest BCUT2D eigenvalue weighted by molar-refractivity contribution is 7.90. The normalized spacial score (nSPS) is 18.1. The maximum absolute atomic E-state index is 12.2. The molecule has 1 unspecified atom stereocenters. The molecule has 1 atom stereocenters. The zero-order valence-electron chi connectivity index (χ0n) is 13.4. The number of nitrogens with zero attached hydrogens (tertiary/aromatic N) is 1. The molecule has 132 valence electrons. The molecular weight excluding hydrogens is 334 g/mol. The Labute approximate surface area is 140 Å². The Hall–Kier alpha value is -2.00. The lowest BCUT2D eigenvalue weighted by Gasteiger charge is -2.22. The van der Waals surface area contributed by atoms with Gasteiger partial charge in [0.2, 0.25) is 0 Å². The first kappa shape index (κ1) is 18.3. The highest BCUT2D eigenvalue weighted by Crippen LogP contribution is 2.21. The van der Waals surface area contributed by atoms with Gasteiger partial charge in [0.1, 0.15) is 0 Å². The molecule has 1 saturated heterocycles.